The number of unbranched alkanes of at least 4 members (excludes halogenated alkanes) is 1. The molecule has 0 aliphatic carbocycles. The second kappa shape index (κ2) is 8.60. The monoisotopic (exact) mass is 407 g/mol. The predicted octanol–water partition coefficient (Wildman–Crippen LogP) is 6.50. The molecule has 0 spiro atoms. The Hall–Kier alpha value is -3.66. The summed E-state index contributed by atoms with van der Waals surface area (Å²) in [6.45, 7) is 2.72. The molecule has 2 heterocycles. The van der Waals surface area contributed by atoms with Crippen LogP contribution in [0.1, 0.15) is 31.2 Å². The fourth-order valence-corrected chi connectivity index (χ4v) is 4.01. The lowest BCUT2D eigenvalue weighted by Crippen LogP contribution is -2.07. The Morgan fingerprint density at radius 2 is 1.71 bits per heavy atom. The number of pyridine rings is 1. The van der Waals surface area contributed by atoms with Gasteiger partial charge in [0.05, 0.1) is 5.69 Å². The van der Waals surface area contributed by atoms with Crippen molar-refractivity contribution in [3.05, 3.63) is 96.4 Å². The number of nitrogens with zero attached hydrogens (tertiary/aromatic N) is 3. The molecule has 0 saturated carbocycles. The van der Waals surface area contributed by atoms with Crippen molar-refractivity contribution in [1.82, 2.24) is 14.5 Å². The number of hydrogen-bond acceptors (Lipinski definition) is 3. The molecule has 3 aromatic carbocycles. The van der Waals surface area contributed by atoms with Gasteiger partial charge < -0.3 is 4.74 Å². The van der Waals surface area contributed by atoms with Crippen molar-refractivity contribution in [1.29, 1.82) is 0 Å². The maximum atomic E-state index is 6.39. The Labute approximate surface area is 182 Å². The molecule has 4 nitrogen and oxygen atoms in total. The molecule has 0 aliphatic rings. The van der Waals surface area contributed by atoms with Crippen molar-refractivity contribution in [3.63, 3.8) is 0 Å². The summed E-state index contributed by atoms with van der Waals surface area (Å²) in [6.07, 6.45) is 4.92. The average Bonchev–Trinajstić information content (AvgIpc) is 3.19. The molecule has 5 aromatic rings. The van der Waals surface area contributed by atoms with Gasteiger partial charge in [-0.15, -0.1) is 0 Å². The van der Waals surface area contributed by atoms with Crippen LogP contribution in [0.25, 0.3) is 27.6 Å². The van der Waals surface area contributed by atoms with Crippen LogP contribution in [-0.4, -0.2) is 14.5 Å². The van der Waals surface area contributed by atoms with E-state index in [9.17, 15) is 0 Å². The van der Waals surface area contributed by atoms with Crippen LogP contribution in [0.4, 0.5) is 0 Å². The zero-order valence-corrected chi connectivity index (χ0v) is 17.7. The highest BCUT2D eigenvalue weighted by Crippen LogP contribution is 2.35. The van der Waals surface area contributed by atoms with Crippen LogP contribution in [-0.2, 0) is 13.0 Å². The minimum atomic E-state index is 0.510. The summed E-state index contributed by atoms with van der Waals surface area (Å²) in [5.74, 6) is 1.86. The van der Waals surface area contributed by atoms with E-state index < -0.39 is 0 Å². The smallest absolute Gasteiger partial charge is 0.164 e. The third-order valence-corrected chi connectivity index (χ3v) is 5.56. The molecule has 2 aromatic heterocycles. The van der Waals surface area contributed by atoms with Gasteiger partial charge in [-0.3, -0.25) is 4.57 Å². The first-order chi connectivity index (χ1) is 15.3. The van der Waals surface area contributed by atoms with E-state index in [4.69, 9.17) is 14.7 Å². The van der Waals surface area contributed by atoms with E-state index in [-0.39, 0.29) is 0 Å². The second-order valence-corrected chi connectivity index (χ2v) is 7.72. The molecule has 0 unspecified atom stereocenters. The lowest BCUT2D eigenvalue weighted by Gasteiger charge is -2.17. The Morgan fingerprint density at radius 3 is 2.58 bits per heavy atom. The average molecular weight is 408 g/mol. The minimum absolute atomic E-state index is 0.510. The predicted molar refractivity (Wildman–Crippen MR) is 126 cm³/mol. The third-order valence-electron chi connectivity index (χ3n) is 5.56. The molecule has 0 saturated heterocycles. The molecule has 4 heteroatoms. The Kier molecular flexibility index (Phi) is 5.36. The van der Waals surface area contributed by atoms with E-state index in [1.54, 1.807) is 0 Å². The number of aryl methyl sites for hydroxylation is 1. The van der Waals surface area contributed by atoms with Crippen LogP contribution in [0, 0.1) is 0 Å². The van der Waals surface area contributed by atoms with Gasteiger partial charge in [0, 0.05) is 18.0 Å². The molecule has 31 heavy (non-hydrogen) atoms. The fourth-order valence-electron chi connectivity index (χ4n) is 4.01. The van der Waals surface area contributed by atoms with Gasteiger partial charge in [-0.2, -0.15) is 0 Å². The maximum Gasteiger partial charge on any atom is 0.164 e. The van der Waals surface area contributed by atoms with E-state index in [0.29, 0.717) is 6.61 Å². The summed E-state index contributed by atoms with van der Waals surface area (Å²) in [5, 5.41) is 2.31. The molecule has 5 rings (SSSR count). The first kappa shape index (κ1) is 19.3. The quantitative estimate of drug-likeness (QED) is 0.309. The van der Waals surface area contributed by atoms with E-state index in [1.807, 2.05) is 36.5 Å². The van der Waals surface area contributed by atoms with Crippen LogP contribution < -0.4 is 4.74 Å². The van der Waals surface area contributed by atoms with Gasteiger partial charge in [0.15, 0.2) is 5.65 Å². The van der Waals surface area contributed by atoms with Crippen LogP contribution in [0.15, 0.2) is 85.1 Å². The van der Waals surface area contributed by atoms with E-state index in [0.717, 1.165) is 58.6 Å². The summed E-state index contributed by atoms with van der Waals surface area (Å²) in [4.78, 5) is 9.64. The molecule has 0 fully saturated rings. The molecule has 0 aliphatic heterocycles. The molecule has 0 bridgehead atoms. The topological polar surface area (TPSA) is 39.9 Å². The van der Waals surface area contributed by atoms with Crippen molar-refractivity contribution in [2.45, 2.75) is 32.8 Å². The molecule has 154 valence electrons. The SMILES string of the molecule is CCCCc1nc2cccnc2n1-c1c(OCc2ccccc2)ccc2ccccc12. The highest BCUT2D eigenvalue weighted by atomic mass is 16.5. The maximum absolute atomic E-state index is 6.39. The molecule has 0 radical (unpaired) electrons. The first-order valence-electron chi connectivity index (χ1n) is 10.9. The van der Waals surface area contributed by atoms with Gasteiger partial charge in [-0.05, 0) is 35.6 Å². The van der Waals surface area contributed by atoms with E-state index in [2.05, 4.69) is 60.0 Å². The van der Waals surface area contributed by atoms with Gasteiger partial charge >= 0.3 is 0 Å². The standard InChI is InChI=1S/C27H25N3O/c1-2-3-15-25-29-23-14-9-18-28-27(23)30(25)26-22-13-8-7-12-21(22)16-17-24(26)31-19-20-10-5-4-6-11-20/h4-14,16-18H,2-3,15,19H2,1H3. The Bertz CT molecular complexity index is 1320. The number of ether oxygens (including phenoxy) is 1. The van der Waals surface area contributed by atoms with Crippen LogP contribution >= 0.6 is 0 Å². The number of hydrogen-bond donors (Lipinski definition) is 0. The van der Waals surface area contributed by atoms with Crippen LogP contribution in [0.2, 0.25) is 0 Å². The zero-order chi connectivity index (χ0) is 21.0. The molecule has 0 N–H and O–H groups in total. The van der Waals surface area contributed by atoms with Crippen molar-refractivity contribution < 1.29 is 4.74 Å². The van der Waals surface area contributed by atoms with E-state index >= 15 is 0 Å². The number of aromatic nitrogens is 3. The van der Waals surface area contributed by atoms with Crippen molar-refractivity contribution in [2.75, 3.05) is 0 Å². The summed E-state index contributed by atoms with van der Waals surface area (Å²) < 4.78 is 8.59. The normalized spacial score (nSPS) is 11.3. The minimum Gasteiger partial charge on any atom is -0.487 e. The summed E-state index contributed by atoms with van der Waals surface area (Å²) in [6, 6.07) is 26.9. The van der Waals surface area contributed by atoms with E-state index in [1.165, 1.54) is 5.39 Å². The van der Waals surface area contributed by atoms with Gasteiger partial charge in [0.25, 0.3) is 0 Å². The molecule has 0 amide bonds. The highest BCUT2D eigenvalue weighted by Gasteiger charge is 2.19. The van der Waals surface area contributed by atoms with Gasteiger partial charge in [-0.1, -0.05) is 74.0 Å². The number of rotatable bonds is 7. The number of benzene rings is 3. The van der Waals surface area contributed by atoms with Crippen molar-refractivity contribution in [3.8, 4) is 11.4 Å². The summed E-state index contributed by atoms with van der Waals surface area (Å²) >= 11 is 0. The first-order valence-corrected chi connectivity index (χ1v) is 10.9. The molecular formula is C27H25N3O. The molecular weight excluding hydrogens is 382 g/mol. The fraction of sp³-hybridized carbons (Fsp3) is 0.185. The lowest BCUT2D eigenvalue weighted by atomic mass is 10.1. The largest absolute Gasteiger partial charge is 0.487 e. The zero-order valence-electron chi connectivity index (χ0n) is 17.7. The second-order valence-electron chi connectivity index (χ2n) is 7.72. The Morgan fingerprint density at radius 1 is 0.871 bits per heavy atom. The third kappa shape index (κ3) is 3.77. The van der Waals surface area contributed by atoms with Gasteiger partial charge in [0.1, 0.15) is 23.7 Å². The van der Waals surface area contributed by atoms with Crippen molar-refractivity contribution >= 4 is 21.9 Å². The molecule has 0 atom stereocenters. The van der Waals surface area contributed by atoms with Crippen molar-refractivity contribution in [2.24, 2.45) is 0 Å². The van der Waals surface area contributed by atoms with Crippen LogP contribution in [0.3, 0.4) is 0 Å². The summed E-state index contributed by atoms with van der Waals surface area (Å²) in [7, 11) is 0. The number of fused-ring (bicyclic) bond motifs is 2. The number of imidazole rings is 1. The lowest BCUT2D eigenvalue weighted by molar-refractivity contribution is 0.305. The van der Waals surface area contributed by atoms with Crippen LogP contribution in [0.5, 0.6) is 5.75 Å². The Balaban J connectivity index is 1.71. The van der Waals surface area contributed by atoms with Gasteiger partial charge in [0.2, 0.25) is 0 Å². The summed E-state index contributed by atoms with van der Waals surface area (Å²) in [5.41, 5.74) is 3.94. The highest BCUT2D eigenvalue weighted by molar-refractivity contribution is 5.94. The van der Waals surface area contributed by atoms with Gasteiger partial charge in [-0.25, -0.2) is 9.97 Å².